The minimum absolute atomic E-state index is 0.0523. The van der Waals surface area contributed by atoms with Crippen molar-refractivity contribution in [3.63, 3.8) is 0 Å². The minimum Gasteiger partial charge on any atom is -0.508 e. The summed E-state index contributed by atoms with van der Waals surface area (Å²) in [4.78, 5) is 11.7. The first-order valence-corrected chi connectivity index (χ1v) is 5.98. The Kier molecular flexibility index (Phi) is 3.97. The van der Waals surface area contributed by atoms with E-state index in [1.807, 2.05) is 29.8 Å². The number of aryl methyl sites for hydroxylation is 1. The molecule has 5 heteroatoms. The molecule has 0 unspecified atom stereocenters. The number of phenolic OH excluding ortho intramolecular Hbond substituents is 1. The summed E-state index contributed by atoms with van der Waals surface area (Å²) < 4.78 is 2.00. The molecule has 1 aromatic carbocycles. The predicted octanol–water partition coefficient (Wildman–Crippen LogP) is 1.98. The number of carbonyl (C=O) groups is 1. The van der Waals surface area contributed by atoms with Crippen LogP contribution in [0, 0.1) is 0 Å². The van der Waals surface area contributed by atoms with Crippen LogP contribution in [0.4, 0.5) is 0 Å². The average molecular weight is 257 g/mol. The third-order valence-corrected chi connectivity index (χ3v) is 2.68. The van der Waals surface area contributed by atoms with E-state index in [0.717, 1.165) is 12.2 Å². The van der Waals surface area contributed by atoms with Gasteiger partial charge in [0.15, 0.2) is 0 Å². The molecule has 0 aliphatic rings. The van der Waals surface area contributed by atoms with Gasteiger partial charge in [-0.1, -0.05) is 6.07 Å². The number of amides is 1. The first-order valence-electron chi connectivity index (χ1n) is 5.98. The fourth-order valence-electron chi connectivity index (χ4n) is 1.70. The van der Waals surface area contributed by atoms with Gasteiger partial charge in [-0.15, -0.1) is 0 Å². The highest BCUT2D eigenvalue weighted by atomic mass is 16.3. The monoisotopic (exact) mass is 257 g/mol. The number of rotatable bonds is 4. The molecule has 0 aliphatic heterocycles. The van der Waals surface area contributed by atoms with Gasteiger partial charge in [0.25, 0.3) is 5.91 Å². The molecule has 0 fully saturated rings. The van der Waals surface area contributed by atoms with E-state index >= 15 is 0 Å². The van der Waals surface area contributed by atoms with Gasteiger partial charge >= 0.3 is 0 Å². The number of aromatic nitrogens is 1. The molecule has 5 nitrogen and oxygen atoms in total. The van der Waals surface area contributed by atoms with Crippen LogP contribution in [-0.2, 0) is 6.54 Å². The van der Waals surface area contributed by atoms with Gasteiger partial charge in [0.05, 0.1) is 11.9 Å². The Morgan fingerprint density at radius 3 is 3.00 bits per heavy atom. The molecule has 19 heavy (non-hydrogen) atoms. The van der Waals surface area contributed by atoms with Crippen LogP contribution in [0.2, 0.25) is 0 Å². The molecule has 1 amide bonds. The molecule has 1 aromatic heterocycles. The van der Waals surface area contributed by atoms with E-state index in [4.69, 9.17) is 0 Å². The third kappa shape index (κ3) is 3.22. The van der Waals surface area contributed by atoms with Gasteiger partial charge in [0.2, 0.25) is 0 Å². The van der Waals surface area contributed by atoms with Crippen LogP contribution in [0.25, 0.3) is 0 Å². The zero-order valence-electron chi connectivity index (χ0n) is 10.6. The third-order valence-electron chi connectivity index (χ3n) is 2.68. The second-order valence-corrected chi connectivity index (χ2v) is 3.97. The number of carbonyl (C=O) groups excluding carboxylic acids is 1. The summed E-state index contributed by atoms with van der Waals surface area (Å²) in [6, 6.07) is 9.94. The zero-order chi connectivity index (χ0) is 13.7. The van der Waals surface area contributed by atoms with Gasteiger partial charge in [-0.25, -0.2) is 5.43 Å². The Morgan fingerprint density at radius 1 is 1.42 bits per heavy atom. The van der Waals surface area contributed by atoms with E-state index in [-0.39, 0.29) is 11.7 Å². The van der Waals surface area contributed by atoms with E-state index in [9.17, 15) is 9.90 Å². The van der Waals surface area contributed by atoms with Crippen LogP contribution in [-0.4, -0.2) is 21.8 Å². The Balaban J connectivity index is 2.01. The van der Waals surface area contributed by atoms with Crippen molar-refractivity contribution in [3.05, 3.63) is 53.9 Å². The fourth-order valence-corrected chi connectivity index (χ4v) is 1.70. The van der Waals surface area contributed by atoms with E-state index in [0.29, 0.717) is 5.56 Å². The van der Waals surface area contributed by atoms with Crippen molar-refractivity contribution in [2.24, 2.45) is 5.10 Å². The summed E-state index contributed by atoms with van der Waals surface area (Å²) in [6.07, 6.45) is 3.53. The number of nitrogens with zero attached hydrogens (tertiary/aromatic N) is 2. The summed E-state index contributed by atoms with van der Waals surface area (Å²) in [5.41, 5.74) is 3.70. The average Bonchev–Trinajstić information content (AvgIpc) is 2.86. The standard InChI is InChI=1S/C14H15N3O2/c1-2-17-8-4-6-12(17)10-15-16-14(19)11-5-3-7-13(18)9-11/h3-10,18H,2H2,1H3,(H,16,19)/b15-10+. The quantitative estimate of drug-likeness (QED) is 0.649. The van der Waals surface area contributed by atoms with Gasteiger partial charge in [-0.05, 0) is 37.3 Å². The van der Waals surface area contributed by atoms with Crippen LogP contribution >= 0.6 is 0 Å². The van der Waals surface area contributed by atoms with E-state index in [2.05, 4.69) is 10.5 Å². The number of phenols is 1. The van der Waals surface area contributed by atoms with Gasteiger partial charge < -0.3 is 9.67 Å². The molecule has 2 aromatic rings. The second-order valence-electron chi connectivity index (χ2n) is 3.97. The van der Waals surface area contributed by atoms with Crippen LogP contribution in [0.1, 0.15) is 23.0 Å². The molecule has 0 aliphatic carbocycles. The Bertz CT molecular complexity index is 602. The van der Waals surface area contributed by atoms with Gasteiger partial charge in [-0.3, -0.25) is 4.79 Å². The lowest BCUT2D eigenvalue weighted by molar-refractivity contribution is 0.0954. The maximum atomic E-state index is 11.7. The minimum atomic E-state index is -0.359. The fraction of sp³-hybridized carbons (Fsp3) is 0.143. The lowest BCUT2D eigenvalue weighted by Gasteiger charge is -2.02. The van der Waals surface area contributed by atoms with Crippen LogP contribution in [0.3, 0.4) is 0 Å². The molecular weight excluding hydrogens is 242 g/mol. The molecule has 2 N–H and O–H groups in total. The Morgan fingerprint density at radius 2 is 2.26 bits per heavy atom. The number of aromatic hydroxyl groups is 1. The van der Waals surface area contributed by atoms with Crippen molar-refractivity contribution in [3.8, 4) is 5.75 Å². The summed E-state index contributed by atoms with van der Waals surface area (Å²) in [6.45, 7) is 2.87. The molecule has 0 bridgehead atoms. The van der Waals surface area contributed by atoms with E-state index in [1.165, 1.54) is 12.1 Å². The SMILES string of the molecule is CCn1cccc1/C=N/NC(=O)c1cccc(O)c1. The topological polar surface area (TPSA) is 66.6 Å². The summed E-state index contributed by atoms with van der Waals surface area (Å²) in [7, 11) is 0. The van der Waals surface area contributed by atoms with Crippen molar-refractivity contribution in [1.82, 2.24) is 9.99 Å². The lowest BCUT2D eigenvalue weighted by atomic mass is 10.2. The van der Waals surface area contributed by atoms with E-state index < -0.39 is 0 Å². The van der Waals surface area contributed by atoms with Crippen molar-refractivity contribution >= 4 is 12.1 Å². The molecule has 0 radical (unpaired) electrons. The Labute approximate surface area is 111 Å². The highest BCUT2D eigenvalue weighted by Crippen LogP contribution is 2.10. The highest BCUT2D eigenvalue weighted by molar-refractivity contribution is 5.95. The summed E-state index contributed by atoms with van der Waals surface area (Å²) in [5.74, 6) is -0.307. The van der Waals surface area contributed by atoms with Crippen molar-refractivity contribution in [2.45, 2.75) is 13.5 Å². The van der Waals surface area contributed by atoms with Crippen LogP contribution < -0.4 is 5.43 Å². The van der Waals surface area contributed by atoms with Gasteiger partial charge in [0.1, 0.15) is 5.75 Å². The molecule has 0 saturated heterocycles. The largest absolute Gasteiger partial charge is 0.508 e. The summed E-state index contributed by atoms with van der Waals surface area (Å²) >= 11 is 0. The van der Waals surface area contributed by atoms with Crippen LogP contribution in [0.5, 0.6) is 5.75 Å². The smallest absolute Gasteiger partial charge is 0.271 e. The number of nitrogens with one attached hydrogen (secondary N) is 1. The highest BCUT2D eigenvalue weighted by Gasteiger charge is 2.04. The number of hydrogen-bond acceptors (Lipinski definition) is 3. The van der Waals surface area contributed by atoms with E-state index in [1.54, 1.807) is 18.3 Å². The first-order chi connectivity index (χ1) is 9.20. The molecule has 0 spiro atoms. The second kappa shape index (κ2) is 5.86. The normalized spacial score (nSPS) is 10.8. The maximum Gasteiger partial charge on any atom is 0.271 e. The van der Waals surface area contributed by atoms with Crippen molar-refractivity contribution in [1.29, 1.82) is 0 Å². The number of hydrogen-bond donors (Lipinski definition) is 2. The zero-order valence-corrected chi connectivity index (χ0v) is 10.6. The summed E-state index contributed by atoms with van der Waals surface area (Å²) in [5, 5.41) is 13.2. The van der Waals surface area contributed by atoms with Crippen molar-refractivity contribution < 1.29 is 9.90 Å². The molecular formula is C14H15N3O2. The predicted molar refractivity (Wildman–Crippen MR) is 73.3 cm³/mol. The number of benzene rings is 1. The van der Waals surface area contributed by atoms with Crippen LogP contribution in [0.15, 0.2) is 47.7 Å². The van der Waals surface area contributed by atoms with Crippen molar-refractivity contribution in [2.75, 3.05) is 0 Å². The molecule has 0 atom stereocenters. The van der Waals surface area contributed by atoms with Gasteiger partial charge in [0, 0.05) is 18.3 Å². The molecule has 0 saturated carbocycles. The molecule has 98 valence electrons. The first kappa shape index (κ1) is 12.9. The Hall–Kier alpha value is -2.56. The van der Waals surface area contributed by atoms with Gasteiger partial charge in [-0.2, -0.15) is 5.10 Å². The number of hydrazone groups is 1. The maximum absolute atomic E-state index is 11.7. The molecule has 1 heterocycles. The molecule has 2 rings (SSSR count). The lowest BCUT2D eigenvalue weighted by Crippen LogP contribution is -2.17.